The fourth-order valence-electron chi connectivity index (χ4n) is 1.00. The fourth-order valence-corrected chi connectivity index (χ4v) is 1.00. The van der Waals surface area contributed by atoms with Gasteiger partial charge in [0.05, 0.1) is 6.10 Å². The molecule has 0 saturated heterocycles. The minimum Gasteiger partial charge on any atom is -0.393 e. The van der Waals surface area contributed by atoms with Crippen molar-refractivity contribution >= 4 is 0 Å². The van der Waals surface area contributed by atoms with Gasteiger partial charge in [-0.1, -0.05) is 34.1 Å². The predicted molar refractivity (Wildman–Crippen MR) is 44.9 cm³/mol. The van der Waals surface area contributed by atoms with E-state index in [1.165, 1.54) is 0 Å². The van der Waals surface area contributed by atoms with Crippen molar-refractivity contribution in [3.8, 4) is 0 Å². The first-order valence-corrected chi connectivity index (χ1v) is 4.27. The van der Waals surface area contributed by atoms with E-state index in [0.29, 0.717) is 11.8 Å². The molecular weight excluding hydrogens is 124 g/mol. The first-order valence-electron chi connectivity index (χ1n) is 4.27. The quantitative estimate of drug-likeness (QED) is 0.642. The highest BCUT2D eigenvalue weighted by molar-refractivity contribution is 4.66. The molecule has 62 valence electrons. The zero-order chi connectivity index (χ0) is 8.15. The summed E-state index contributed by atoms with van der Waals surface area (Å²) in [5.74, 6) is 1.04. The van der Waals surface area contributed by atoms with Gasteiger partial charge in [-0.15, -0.1) is 0 Å². The zero-order valence-electron chi connectivity index (χ0n) is 7.59. The molecule has 0 rings (SSSR count). The summed E-state index contributed by atoms with van der Waals surface area (Å²) >= 11 is 0. The van der Waals surface area contributed by atoms with Crippen molar-refractivity contribution in [3.63, 3.8) is 0 Å². The Hall–Kier alpha value is -0.0400. The fraction of sp³-hybridized carbons (Fsp3) is 1.00. The molecule has 0 saturated carbocycles. The highest BCUT2D eigenvalue weighted by Gasteiger charge is 2.15. The van der Waals surface area contributed by atoms with Crippen LogP contribution in [-0.2, 0) is 0 Å². The van der Waals surface area contributed by atoms with Crippen LogP contribution in [0.2, 0.25) is 0 Å². The maximum absolute atomic E-state index is 9.49. The monoisotopic (exact) mass is 144 g/mol. The van der Waals surface area contributed by atoms with Gasteiger partial charge in [-0.3, -0.25) is 0 Å². The Balaban J connectivity index is 3.58. The molecule has 0 amide bonds. The van der Waals surface area contributed by atoms with Gasteiger partial charge in [-0.05, 0) is 18.3 Å². The van der Waals surface area contributed by atoms with Gasteiger partial charge in [0.25, 0.3) is 0 Å². The molecule has 0 aliphatic rings. The van der Waals surface area contributed by atoms with E-state index in [4.69, 9.17) is 0 Å². The van der Waals surface area contributed by atoms with Gasteiger partial charge in [-0.25, -0.2) is 0 Å². The largest absolute Gasteiger partial charge is 0.393 e. The van der Waals surface area contributed by atoms with Gasteiger partial charge in [0.15, 0.2) is 0 Å². The van der Waals surface area contributed by atoms with Crippen molar-refractivity contribution in [1.82, 2.24) is 0 Å². The normalized spacial score (nSPS) is 17.4. The van der Waals surface area contributed by atoms with Crippen LogP contribution < -0.4 is 0 Å². The van der Waals surface area contributed by atoms with Crippen molar-refractivity contribution in [1.29, 1.82) is 0 Å². The van der Waals surface area contributed by atoms with Crippen LogP contribution in [0, 0.1) is 11.8 Å². The molecule has 0 spiro atoms. The van der Waals surface area contributed by atoms with E-state index in [0.717, 1.165) is 12.8 Å². The molecule has 0 fully saturated rings. The molecule has 0 aliphatic carbocycles. The molecule has 1 nitrogen and oxygen atoms in total. The summed E-state index contributed by atoms with van der Waals surface area (Å²) in [6.07, 6.45) is 1.93. The van der Waals surface area contributed by atoms with Crippen LogP contribution in [0.3, 0.4) is 0 Å². The van der Waals surface area contributed by atoms with Crippen LogP contribution in [-0.4, -0.2) is 11.2 Å². The van der Waals surface area contributed by atoms with E-state index in [9.17, 15) is 5.11 Å². The minimum atomic E-state index is -0.0926. The minimum absolute atomic E-state index is 0.0926. The lowest BCUT2D eigenvalue weighted by Crippen LogP contribution is -2.21. The van der Waals surface area contributed by atoms with Gasteiger partial charge in [0.2, 0.25) is 0 Å². The lowest BCUT2D eigenvalue weighted by Gasteiger charge is -2.21. The number of rotatable bonds is 4. The molecule has 0 aromatic heterocycles. The Morgan fingerprint density at radius 2 is 1.70 bits per heavy atom. The van der Waals surface area contributed by atoms with Crippen molar-refractivity contribution < 1.29 is 5.11 Å². The van der Waals surface area contributed by atoms with Crippen molar-refractivity contribution in [3.05, 3.63) is 0 Å². The maximum atomic E-state index is 9.49. The van der Waals surface area contributed by atoms with E-state index in [2.05, 4.69) is 27.7 Å². The van der Waals surface area contributed by atoms with Crippen LogP contribution in [0.5, 0.6) is 0 Å². The SMILES string of the molecule is CCC[C@@H](O)[C@H](C)C(C)C. The molecule has 0 aromatic rings. The van der Waals surface area contributed by atoms with Crippen LogP contribution in [0.25, 0.3) is 0 Å². The summed E-state index contributed by atoms with van der Waals surface area (Å²) in [5.41, 5.74) is 0. The van der Waals surface area contributed by atoms with Gasteiger partial charge < -0.3 is 5.11 Å². The van der Waals surface area contributed by atoms with Crippen LogP contribution in [0.4, 0.5) is 0 Å². The summed E-state index contributed by atoms with van der Waals surface area (Å²) in [6, 6.07) is 0. The predicted octanol–water partition coefficient (Wildman–Crippen LogP) is 2.44. The zero-order valence-corrected chi connectivity index (χ0v) is 7.59. The summed E-state index contributed by atoms with van der Waals surface area (Å²) in [5, 5.41) is 9.49. The molecule has 0 radical (unpaired) electrons. The molecule has 2 atom stereocenters. The molecule has 0 aromatic carbocycles. The Kier molecular flexibility index (Phi) is 4.71. The lowest BCUT2D eigenvalue weighted by molar-refractivity contribution is 0.0832. The Morgan fingerprint density at radius 1 is 1.20 bits per heavy atom. The van der Waals surface area contributed by atoms with Gasteiger partial charge in [-0.2, -0.15) is 0 Å². The molecule has 1 heteroatoms. The molecule has 0 unspecified atom stereocenters. The van der Waals surface area contributed by atoms with Crippen molar-refractivity contribution in [2.45, 2.75) is 46.6 Å². The second-order valence-corrected chi connectivity index (χ2v) is 3.46. The van der Waals surface area contributed by atoms with E-state index >= 15 is 0 Å². The first-order chi connectivity index (χ1) is 4.59. The van der Waals surface area contributed by atoms with E-state index < -0.39 is 0 Å². The number of hydrogen-bond donors (Lipinski definition) is 1. The van der Waals surface area contributed by atoms with Crippen molar-refractivity contribution in [2.24, 2.45) is 11.8 Å². The summed E-state index contributed by atoms with van der Waals surface area (Å²) in [4.78, 5) is 0. The lowest BCUT2D eigenvalue weighted by atomic mass is 9.90. The summed E-state index contributed by atoms with van der Waals surface area (Å²) < 4.78 is 0. The molecule has 0 bridgehead atoms. The average Bonchev–Trinajstić information content (AvgIpc) is 1.87. The Labute approximate surface area is 64.5 Å². The third-order valence-corrected chi connectivity index (χ3v) is 2.24. The standard InChI is InChI=1S/C9H20O/c1-5-6-9(10)8(4)7(2)3/h7-10H,5-6H2,1-4H3/t8-,9-/m1/s1. The maximum Gasteiger partial charge on any atom is 0.0568 e. The molecule has 1 N–H and O–H groups in total. The third-order valence-electron chi connectivity index (χ3n) is 2.24. The van der Waals surface area contributed by atoms with E-state index in [-0.39, 0.29) is 6.10 Å². The Bertz CT molecular complexity index is 78.8. The number of aliphatic hydroxyl groups excluding tert-OH is 1. The Morgan fingerprint density at radius 3 is 2.00 bits per heavy atom. The van der Waals surface area contributed by atoms with Gasteiger partial charge in [0.1, 0.15) is 0 Å². The van der Waals surface area contributed by atoms with Crippen LogP contribution in [0.1, 0.15) is 40.5 Å². The number of aliphatic hydroxyl groups is 1. The topological polar surface area (TPSA) is 20.2 Å². The second kappa shape index (κ2) is 4.73. The third kappa shape index (κ3) is 3.21. The van der Waals surface area contributed by atoms with Gasteiger partial charge in [0, 0.05) is 0 Å². The van der Waals surface area contributed by atoms with E-state index in [1.54, 1.807) is 0 Å². The summed E-state index contributed by atoms with van der Waals surface area (Å²) in [6.45, 7) is 8.54. The number of hydrogen-bond acceptors (Lipinski definition) is 1. The van der Waals surface area contributed by atoms with Crippen LogP contribution in [0.15, 0.2) is 0 Å². The summed E-state index contributed by atoms with van der Waals surface area (Å²) in [7, 11) is 0. The van der Waals surface area contributed by atoms with E-state index in [1.807, 2.05) is 0 Å². The van der Waals surface area contributed by atoms with Crippen molar-refractivity contribution in [2.75, 3.05) is 0 Å². The van der Waals surface area contributed by atoms with Crippen LogP contribution >= 0.6 is 0 Å². The molecule has 10 heavy (non-hydrogen) atoms. The van der Waals surface area contributed by atoms with Gasteiger partial charge >= 0.3 is 0 Å². The highest BCUT2D eigenvalue weighted by atomic mass is 16.3. The highest BCUT2D eigenvalue weighted by Crippen LogP contribution is 2.17. The smallest absolute Gasteiger partial charge is 0.0568 e. The molecule has 0 heterocycles. The second-order valence-electron chi connectivity index (χ2n) is 3.46. The average molecular weight is 144 g/mol. The molecular formula is C9H20O. The first kappa shape index (κ1) is 9.96. The molecule has 0 aliphatic heterocycles.